The van der Waals surface area contributed by atoms with E-state index < -0.39 is 6.04 Å². The number of carbonyl (C=O) groups is 2. The summed E-state index contributed by atoms with van der Waals surface area (Å²) in [4.78, 5) is 27.0. The predicted molar refractivity (Wildman–Crippen MR) is 126 cm³/mol. The van der Waals surface area contributed by atoms with Gasteiger partial charge in [0, 0.05) is 11.1 Å². The Balaban J connectivity index is 2.05. The van der Waals surface area contributed by atoms with Gasteiger partial charge in [-0.25, -0.2) is 0 Å². The van der Waals surface area contributed by atoms with Crippen molar-refractivity contribution in [3.05, 3.63) is 71.3 Å². The lowest BCUT2D eigenvalue weighted by Gasteiger charge is -2.25. The molecule has 0 fully saturated rings. The minimum absolute atomic E-state index is 0.0269. The van der Waals surface area contributed by atoms with E-state index >= 15 is 0 Å². The van der Waals surface area contributed by atoms with E-state index in [-0.39, 0.29) is 29.2 Å². The van der Waals surface area contributed by atoms with Crippen LogP contribution in [0.2, 0.25) is 0 Å². The van der Waals surface area contributed by atoms with Crippen molar-refractivity contribution in [2.45, 2.75) is 52.1 Å². The zero-order valence-electron chi connectivity index (χ0n) is 20.0. The van der Waals surface area contributed by atoms with Gasteiger partial charge in [-0.3, -0.25) is 9.59 Å². The third kappa shape index (κ3) is 6.93. The van der Waals surface area contributed by atoms with Gasteiger partial charge in [-0.05, 0) is 29.0 Å². The van der Waals surface area contributed by atoms with Crippen LogP contribution in [0.25, 0.3) is 0 Å². The Morgan fingerprint density at radius 2 is 1.52 bits per heavy atom. The highest BCUT2D eigenvalue weighted by Gasteiger charge is 2.27. The molecule has 0 unspecified atom stereocenters. The summed E-state index contributed by atoms with van der Waals surface area (Å²) in [5.41, 5.74) is 2.93. The quantitative estimate of drug-likeness (QED) is 0.610. The van der Waals surface area contributed by atoms with Crippen molar-refractivity contribution < 1.29 is 14.5 Å². The summed E-state index contributed by atoms with van der Waals surface area (Å²) >= 11 is 0. The lowest BCUT2D eigenvalue weighted by Crippen LogP contribution is -3.07. The smallest absolute Gasteiger partial charge is 0.251 e. The summed E-state index contributed by atoms with van der Waals surface area (Å²) in [7, 11) is 4.15. The molecule has 0 heterocycles. The van der Waals surface area contributed by atoms with Gasteiger partial charge >= 0.3 is 0 Å². The standard InChI is InChI=1S/C26H37N3O2/c1-18(2)23(28-24(30)20-13-15-21(16-14-20)26(3,4)5)25(31)27-17-22(29(6)7)19-11-9-8-10-12-19/h8-16,18,22-23H,17H2,1-7H3,(H,27,31)(H,28,30)/p+1/t22-,23-/m0/s1. The van der Waals surface area contributed by atoms with E-state index in [9.17, 15) is 9.59 Å². The summed E-state index contributed by atoms with van der Waals surface area (Å²) in [5, 5.41) is 5.98. The van der Waals surface area contributed by atoms with Gasteiger partial charge in [0.1, 0.15) is 12.1 Å². The molecule has 5 heteroatoms. The Kier molecular flexibility index (Phi) is 8.40. The Morgan fingerprint density at radius 1 is 0.935 bits per heavy atom. The average molecular weight is 425 g/mol. The van der Waals surface area contributed by atoms with Crippen molar-refractivity contribution in [2.75, 3.05) is 20.6 Å². The van der Waals surface area contributed by atoms with Crippen molar-refractivity contribution >= 4 is 11.8 Å². The summed E-state index contributed by atoms with van der Waals surface area (Å²) < 4.78 is 0. The second-order valence-electron chi connectivity index (χ2n) is 9.81. The summed E-state index contributed by atoms with van der Waals surface area (Å²) in [6.07, 6.45) is 0. The maximum absolute atomic E-state index is 13.0. The largest absolute Gasteiger partial charge is 0.348 e. The van der Waals surface area contributed by atoms with Crippen LogP contribution < -0.4 is 15.5 Å². The monoisotopic (exact) mass is 424 g/mol. The molecule has 5 nitrogen and oxygen atoms in total. The number of benzene rings is 2. The van der Waals surface area contributed by atoms with Gasteiger partial charge in [-0.15, -0.1) is 0 Å². The molecular weight excluding hydrogens is 386 g/mol. The van der Waals surface area contributed by atoms with E-state index in [0.29, 0.717) is 12.1 Å². The van der Waals surface area contributed by atoms with E-state index in [1.165, 1.54) is 16.0 Å². The predicted octanol–water partition coefficient (Wildman–Crippen LogP) is 2.74. The van der Waals surface area contributed by atoms with Gasteiger partial charge < -0.3 is 15.5 Å². The number of amides is 2. The van der Waals surface area contributed by atoms with Crippen LogP contribution in [0.4, 0.5) is 0 Å². The van der Waals surface area contributed by atoms with Crippen LogP contribution in [0.3, 0.4) is 0 Å². The number of hydrogen-bond acceptors (Lipinski definition) is 2. The molecule has 31 heavy (non-hydrogen) atoms. The zero-order valence-corrected chi connectivity index (χ0v) is 20.0. The molecule has 0 saturated heterocycles. The number of hydrogen-bond donors (Lipinski definition) is 3. The molecule has 2 rings (SSSR count). The molecule has 0 aliphatic rings. The lowest BCUT2D eigenvalue weighted by atomic mass is 9.86. The Labute approximate surface area is 187 Å². The third-order valence-electron chi connectivity index (χ3n) is 5.63. The van der Waals surface area contributed by atoms with Gasteiger partial charge in [0.05, 0.1) is 20.6 Å². The summed E-state index contributed by atoms with van der Waals surface area (Å²) in [6, 6.07) is 17.3. The first kappa shape index (κ1) is 24.6. The van der Waals surface area contributed by atoms with Gasteiger partial charge in [-0.2, -0.15) is 0 Å². The molecule has 2 aromatic carbocycles. The van der Waals surface area contributed by atoms with Crippen molar-refractivity contribution in [1.82, 2.24) is 10.6 Å². The van der Waals surface area contributed by atoms with Crippen LogP contribution in [0, 0.1) is 5.92 Å². The maximum atomic E-state index is 13.0. The maximum Gasteiger partial charge on any atom is 0.251 e. The number of quaternary nitrogens is 1. The van der Waals surface area contributed by atoms with Crippen LogP contribution in [0.15, 0.2) is 54.6 Å². The third-order valence-corrected chi connectivity index (χ3v) is 5.63. The fourth-order valence-electron chi connectivity index (χ4n) is 3.53. The Hall–Kier alpha value is -2.66. The van der Waals surface area contributed by atoms with Gasteiger partial charge in [0.25, 0.3) is 5.91 Å². The van der Waals surface area contributed by atoms with Gasteiger partial charge in [-0.1, -0.05) is 77.1 Å². The second-order valence-corrected chi connectivity index (χ2v) is 9.81. The molecule has 0 bridgehead atoms. The molecule has 0 aromatic heterocycles. The fraction of sp³-hybridized carbons (Fsp3) is 0.462. The highest BCUT2D eigenvalue weighted by molar-refractivity contribution is 5.97. The Morgan fingerprint density at radius 3 is 2.00 bits per heavy atom. The molecule has 0 spiro atoms. The van der Waals surface area contributed by atoms with E-state index in [1.54, 1.807) is 0 Å². The molecular formula is C26H38N3O2+. The second kappa shape index (κ2) is 10.6. The lowest BCUT2D eigenvalue weighted by molar-refractivity contribution is -0.890. The molecule has 0 aliphatic heterocycles. The molecule has 0 aliphatic carbocycles. The first-order valence-electron chi connectivity index (χ1n) is 11.0. The van der Waals surface area contributed by atoms with Crippen LogP contribution in [0.1, 0.15) is 62.1 Å². The van der Waals surface area contributed by atoms with Crippen LogP contribution >= 0.6 is 0 Å². The van der Waals surface area contributed by atoms with Crippen molar-refractivity contribution in [3.63, 3.8) is 0 Å². The van der Waals surface area contributed by atoms with Gasteiger partial charge in [0.15, 0.2) is 0 Å². The van der Waals surface area contributed by atoms with E-state index in [4.69, 9.17) is 0 Å². The first-order valence-corrected chi connectivity index (χ1v) is 11.0. The first-order chi connectivity index (χ1) is 14.5. The van der Waals surface area contributed by atoms with Crippen LogP contribution in [0.5, 0.6) is 0 Å². The number of likely N-dealkylation sites (N-methyl/N-ethyl adjacent to an activating group) is 1. The fourth-order valence-corrected chi connectivity index (χ4v) is 3.53. The van der Waals surface area contributed by atoms with Gasteiger partial charge in [0.2, 0.25) is 5.91 Å². The molecule has 168 valence electrons. The molecule has 2 aromatic rings. The average Bonchev–Trinajstić information content (AvgIpc) is 2.71. The summed E-state index contributed by atoms with van der Waals surface area (Å²) in [5.74, 6) is -0.413. The normalized spacial score (nSPS) is 13.7. The van der Waals surface area contributed by atoms with Crippen molar-refractivity contribution in [1.29, 1.82) is 0 Å². The van der Waals surface area contributed by atoms with Crippen molar-refractivity contribution in [2.24, 2.45) is 5.92 Å². The van der Waals surface area contributed by atoms with E-state index in [1.807, 2.05) is 56.3 Å². The number of rotatable bonds is 8. The van der Waals surface area contributed by atoms with E-state index in [0.717, 1.165) is 0 Å². The molecule has 3 N–H and O–H groups in total. The highest BCUT2D eigenvalue weighted by Crippen LogP contribution is 2.22. The van der Waals surface area contributed by atoms with E-state index in [2.05, 4.69) is 57.6 Å². The summed E-state index contributed by atoms with van der Waals surface area (Å²) in [6.45, 7) is 10.8. The topological polar surface area (TPSA) is 62.6 Å². The molecule has 0 saturated carbocycles. The van der Waals surface area contributed by atoms with Crippen LogP contribution in [-0.2, 0) is 10.2 Å². The molecule has 2 amide bonds. The van der Waals surface area contributed by atoms with Crippen molar-refractivity contribution in [3.8, 4) is 0 Å². The van der Waals surface area contributed by atoms with Crippen LogP contribution in [-0.4, -0.2) is 38.5 Å². The SMILES string of the molecule is CC(C)[C@H](NC(=O)c1ccc(C(C)(C)C)cc1)C(=O)NC[C@@H](c1ccccc1)[NH+](C)C. The zero-order chi connectivity index (χ0) is 23.2. The Bertz CT molecular complexity index is 852. The number of nitrogens with one attached hydrogen (secondary N) is 3. The minimum Gasteiger partial charge on any atom is -0.348 e. The number of carbonyl (C=O) groups excluding carboxylic acids is 2. The molecule has 0 radical (unpaired) electrons. The minimum atomic E-state index is -0.594. The highest BCUT2D eigenvalue weighted by atomic mass is 16.2. The molecule has 2 atom stereocenters.